The highest BCUT2D eigenvalue weighted by atomic mass is 16.5. The topological polar surface area (TPSA) is 112 Å². The zero-order valence-electron chi connectivity index (χ0n) is 16.2. The Kier molecular flexibility index (Phi) is 6.46. The van der Waals surface area contributed by atoms with Crippen molar-refractivity contribution in [2.45, 2.75) is 39.2 Å². The van der Waals surface area contributed by atoms with E-state index in [1.165, 1.54) is 11.2 Å². The summed E-state index contributed by atoms with van der Waals surface area (Å²) >= 11 is 0. The number of aryl methyl sites for hydroxylation is 1. The van der Waals surface area contributed by atoms with Crippen LogP contribution in [0.3, 0.4) is 0 Å². The van der Waals surface area contributed by atoms with Crippen molar-refractivity contribution in [2.75, 3.05) is 30.3 Å². The maximum absolute atomic E-state index is 11.0. The Morgan fingerprint density at radius 2 is 2.07 bits per heavy atom. The second kappa shape index (κ2) is 9.20. The van der Waals surface area contributed by atoms with Crippen molar-refractivity contribution in [2.24, 2.45) is 0 Å². The lowest BCUT2D eigenvalue weighted by atomic mass is 10.1. The molecular weight excluding hydrogens is 360 g/mol. The molecule has 0 bridgehead atoms. The molecule has 2 aromatic rings. The number of amides is 1. The summed E-state index contributed by atoms with van der Waals surface area (Å²) in [6.07, 6.45) is 2.85. The summed E-state index contributed by atoms with van der Waals surface area (Å²) < 4.78 is 5.92. The highest BCUT2D eigenvalue weighted by molar-refractivity contribution is 5.65. The molecule has 150 valence electrons. The lowest BCUT2D eigenvalue weighted by molar-refractivity contribution is 0.0870. The molecule has 1 fully saturated rings. The fraction of sp³-hybridized carbons (Fsp3) is 0.474. The van der Waals surface area contributed by atoms with Gasteiger partial charge in [0.05, 0.1) is 11.4 Å². The van der Waals surface area contributed by atoms with Crippen LogP contribution >= 0.6 is 0 Å². The number of pyridine rings is 1. The van der Waals surface area contributed by atoms with Crippen molar-refractivity contribution in [3.8, 4) is 5.88 Å². The highest BCUT2D eigenvalue weighted by Crippen LogP contribution is 2.23. The maximum Gasteiger partial charge on any atom is 0.407 e. The number of hydrogen-bond acceptors (Lipinski definition) is 7. The number of nitrogens with one attached hydrogen (secondary N) is 2. The summed E-state index contributed by atoms with van der Waals surface area (Å²) in [5.74, 6) is 1.94. The van der Waals surface area contributed by atoms with Gasteiger partial charge in [0.1, 0.15) is 24.1 Å². The van der Waals surface area contributed by atoms with Gasteiger partial charge in [0.15, 0.2) is 0 Å². The van der Waals surface area contributed by atoms with Gasteiger partial charge in [0.25, 0.3) is 0 Å². The van der Waals surface area contributed by atoms with Crippen LogP contribution in [0.25, 0.3) is 0 Å². The number of carboxylic acid groups (broad SMARTS) is 1. The number of rotatable bonds is 7. The normalized spacial score (nSPS) is 14.6. The smallest absolute Gasteiger partial charge is 0.407 e. The Morgan fingerprint density at radius 3 is 2.75 bits per heavy atom. The molecule has 3 heterocycles. The Bertz CT molecular complexity index is 808. The molecule has 9 nitrogen and oxygen atoms in total. The Hall–Kier alpha value is -3.10. The molecule has 0 radical (unpaired) electrons. The molecule has 0 spiro atoms. The second-order valence-electron chi connectivity index (χ2n) is 6.71. The van der Waals surface area contributed by atoms with E-state index >= 15 is 0 Å². The third-order valence-corrected chi connectivity index (χ3v) is 4.55. The number of likely N-dealkylation sites (tertiary alicyclic amines) is 1. The van der Waals surface area contributed by atoms with E-state index in [2.05, 4.69) is 32.5 Å². The first-order valence-corrected chi connectivity index (χ1v) is 9.50. The van der Waals surface area contributed by atoms with Crippen LogP contribution in [0.1, 0.15) is 31.9 Å². The molecule has 1 aliphatic heterocycles. The standard InChI is InChI=1S/C19H26N6O3/c1-3-8-20-16-5-4-15(13(2)23-16)24-17-11-18(22-12-21-17)28-14-6-9-25(10-7-14)19(26)27/h4-5,11-12,14H,3,6-10H2,1-2H3,(H,20,23)(H,26,27)(H,21,22,24). The number of carbonyl (C=O) groups is 1. The first-order chi connectivity index (χ1) is 13.5. The molecule has 0 atom stereocenters. The van der Waals surface area contributed by atoms with E-state index in [0.29, 0.717) is 37.6 Å². The van der Waals surface area contributed by atoms with Crippen molar-refractivity contribution in [1.82, 2.24) is 19.9 Å². The summed E-state index contributed by atoms with van der Waals surface area (Å²) in [7, 11) is 0. The Morgan fingerprint density at radius 1 is 1.29 bits per heavy atom. The molecular formula is C19H26N6O3. The molecule has 3 rings (SSSR count). The summed E-state index contributed by atoms with van der Waals surface area (Å²) in [5, 5.41) is 15.5. The zero-order chi connectivity index (χ0) is 19.9. The van der Waals surface area contributed by atoms with E-state index in [1.807, 2.05) is 19.1 Å². The van der Waals surface area contributed by atoms with Crippen LogP contribution in [0, 0.1) is 6.92 Å². The minimum Gasteiger partial charge on any atom is -0.474 e. The van der Waals surface area contributed by atoms with E-state index in [0.717, 1.165) is 30.2 Å². The van der Waals surface area contributed by atoms with Gasteiger partial charge in [-0.15, -0.1) is 0 Å². The third-order valence-electron chi connectivity index (χ3n) is 4.55. The van der Waals surface area contributed by atoms with Gasteiger partial charge in [-0.3, -0.25) is 0 Å². The molecule has 2 aromatic heterocycles. The minimum absolute atomic E-state index is 0.0503. The number of aromatic nitrogens is 3. The average molecular weight is 386 g/mol. The first-order valence-electron chi connectivity index (χ1n) is 9.50. The molecule has 1 amide bonds. The number of piperidine rings is 1. The summed E-state index contributed by atoms with van der Waals surface area (Å²) in [5.41, 5.74) is 1.73. The monoisotopic (exact) mass is 386 g/mol. The van der Waals surface area contributed by atoms with E-state index in [4.69, 9.17) is 9.84 Å². The van der Waals surface area contributed by atoms with Crippen molar-refractivity contribution in [3.63, 3.8) is 0 Å². The number of hydrogen-bond donors (Lipinski definition) is 3. The van der Waals surface area contributed by atoms with Crippen LogP contribution in [0.5, 0.6) is 5.88 Å². The number of ether oxygens (including phenoxy) is 1. The van der Waals surface area contributed by atoms with Crippen LogP contribution in [-0.2, 0) is 0 Å². The Balaban J connectivity index is 1.60. The fourth-order valence-electron chi connectivity index (χ4n) is 2.99. The molecule has 1 aliphatic rings. The van der Waals surface area contributed by atoms with Crippen molar-refractivity contribution >= 4 is 23.4 Å². The van der Waals surface area contributed by atoms with Crippen LogP contribution in [0.2, 0.25) is 0 Å². The molecule has 0 unspecified atom stereocenters. The van der Waals surface area contributed by atoms with Crippen LogP contribution in [0.4, 0.5) is 22.1 Å². The van der Waals surface area contributed by atoms with Crippen molar-refractivity contribution < 1.29 is 14.6 Å². The SMILES string of the molecule is CCCNc1ccc(Nc2cc(OC3CCN(C(=O)O)CC3)ncn2)c(C)n1. The molecule has 9 heteroatoms. The van der Waals surface area contributed by atoms with Gasteiger partial charge in [-0.2, -0.15) is 0 Å². The van der Waals surface area contributed by atoms with Gasteiger partial charge in [0, 0.05) is 38.5 Å². The van der Waals surface area contributed by atoms with Gasteiger partial charge >= 0.3 is 6.09 Å². The molecule has 3 N–H and O–H groups in total. The van der Waals surface area contributed by atoms with Crippen LogP contribution in [-0.4, -0.2) is 56.8 Å². The van der Waals surface area contributed by atoms with E-state index in [9.17, 15) is 4.79 Å². The number of nitrogens with zero attached hydrogens (tertiary/aromatic N) is 4. The summed E-state index contributed by atoms with van der Waals surface area (Å²) in [6.45, 7) is 5.88. The number of anilines is 3. The fourth-order valence-corrected chi connectivity index (χ4v) is 2.99. The summed E-state index contributed by atoms with van der Waals surface area (Å²) in [4.78, 5) is 25.3. The molecule has 0 aromatic carbocycles. The van der Waals surface area contributed by atoms with Crippen LogP contribution < -0.4 is 15.4 Å². The van der Waals surface area contributed by atoms with Gasteiger partial charge in [0.2, 0.25) is 5.88 Å². The summed E-state index contributed by atoms with van der Waals surface area (Å²) in [6, 6.07) is 5.64. The van der Waals surface area contributed by atoms with Gasteiger partial charge < -0.3 is 25.4 Å². The lowest BCUT2D eigenvalue weighted by Gasteiger charge is -2.29. The second-order valence-corrected chi connectivity index (χ2v) is 6.71. The zero-order valence-corrected chi connectivity index (χ0v) is 16.2. The van der Waals surface area contributed by atoms with Gasteiger partial charge in [-0.25, -0.2) is 19.7 Å². The highest BCUT2D eigenvalue weighted by Gasteiger charge is 2.23. The quantitative estimate of drug-likeness (QED) is 0.665. The largest absolute Gasteiger partial charge is 0.474 e. The Labute approximate surface area is 164 Å². The maximum atomic E-state index is 11.0. The van der Waals surface area contributed by atoms with Crippen molar-refractivity contribution in [1.29, 1.82) is 0 Å². The molecule has 28 heavy (non-hydrogen) atoms. The average Bonchev–Trinajstić information content (AvgIpc) is 2.69. The van der Waals surface area contributed by atoms with Crippen molar-refractivity contribution in [3.05, 3.63) is 30.2 Å². The van der Waals surface area contributed by atoms with Gasteiger partial charge in [-0.05, 0) is 25.5 Å². The van der Waals surface area contributed by atoms with Gasteiger partial charge in [-0.1, -0.05) is 6.92 Å². The lowest BCUT2D eigenvalue weighted by Crippen LogP contribution is -2.41. The van der Waals surface area contributed by atoms with E-state index < -0.39 is 6.09 Å². The predicted molar refractivity (Wildman–Crippen MR) is 106 cm³/mol. The van der Waals surface area contributed by atoms with Crippen LogP contribution in [0.15, 0.2) is 24.5 Å². The molecule has 0 aliphatic carbocycles. The third kappa shape index (κ3) is 5.21. The minimum atomic E-state index is -0.883. The molecule has 1 saturated heterocycles. The predicted octanol–water partition coefficient (Wildman–Crippen LogP) is 3.27. The molecule has 0 saturated carbocycles. The first kappa shape index (κ1) is 19.7. The van der Waals surface area contributed by atoms with E-state index in [-0.39, 0.29) is 6.10 Å². The van der Waals surface area contributed by atoms with E-state index in [1.54, 1.807) is 6.07 Å².